The van der Waals surface area contributed by atoms with E-state index in [9.17, 15) is 0 Å². The normalized spacial score (nSPS) is 27.6. The minimum Gasteiger partial charge on any atom is -0.410 e. The zero-order valence-electron chi connectivity index (χ0n) is 15.1. The van der Waals surface area contributed by atoms with E-state index in [4.69, 9.17) is 4.84 Å². The fourth-order valence-corrected chi connectivity index (χ4v) is 4.54. The molecule has 2 atom stereocenters. The van der Waals surface area contributed by atoms with Gasteiger partial charge in [-0.2, -0.15) is 0 Å². The molecule has 2 aliphatic heterocycles. The van der Waals surface area contributed by atoms with E-state index in [0.29, 0.717) is 12.1 Å². The quantitative estimate of drug-likeness (QED) is 0.904. The van der Waals surface area contributed by atoms with Gasteiger partial charge in [-0.1, -0.05) is 6.07 Å². The number of anilines is 1. The Kier molecular flexibility index (Phi) is 4.27. The topological polar surface area (TPSA) is 27.7 Å². The summed E-state index contributed by atoms with van der Waals surface area (Å²) in [6, 6.07) is 5.52. The van der Waals surface area contributed by atoms with Gasteiger partial charge in [-0.3, -0.25) is 0 Å². The van der Waals surface area contributed by atoms with Crippen molar-refractivity contribution < 1.29 is 4.84 Å². The highest BCUT2D eigenvalue weighted by molar-refractivity contribution is 5.60. The molecule has 0 spiro atoms. The molecule has 1 N–H and O–H groups in total. The summed E-state index contributed by atoms with van der Waals surface area (Å²) in [6.07, 6.45) is 5.67. The first kappa shape index (κ1) is 16.0. The standard InChI is InChI=1S/C20H29N3O/c1-14-4-7-20(22-10-8-21-9-11-22)19-13-17(5-6-18(14)19)23-15(2)12-16(3)24-23/h4,7,12,15,17,21H,5-6,8-11,13H2,1-3H3/t15?,17-/m1/s1. The molecule has 0 bridgehead atoms. The average molecular weight is 327 g/mol. The van der Waals surface area contributed by atoms with E-state index >= 15 is 0 Å². The van der Waals surface area contributed by atoms with Crippen molar-refractivity contribution >= 4 is 5.69 Å². The molecule has 4 nitrogen and oxygen atoms in total. The Hall–Kier alpha value is -1.52. The summed E-state index contributed by atoms with van der Waals surface area (Å²) >= 11 is 0. The fourth-order valence-electron chi connectivity index (χ4n) is 4.54. The number of piperazine rings is 1. The zero-order chi connectivity index (χ0) is 16.7. The zero-order valence-corrected chi connectivity index (χ0v) is 15.1. The van der Waals surface area contributed by atoms with Crippen molar-refractivity contribution in [3.05, 3.63) is 40.7 Å². The Morgan fingerprint density at radius 2 is 1.92 bits per heavy atom. The molecule has 0 amide bonds. The first-order chi connectivity index (χ1) is 11.6. The van der Waals surface area contributed by atoms with Crippen LogP contribution in [0, 0.1) is 6.92 Å². The van der Waals surface area contributed by atoms with Crippen LogP contribution in [-0.4, -0.2) is 43.3 Å². The first-order valence-electron chi connectivity index (χ1n) is 9.35. The molecular weight excluding hydrogens is 298 g/mol. The molecule has 0 radical (unpaired) electrons. The van der Waals surface area contributed by atoms with Gasteiger partial charge >= 0.3 is 0 Å². The molecule has 24 heavy (non-hydrogen) atoms. The van der Waals surface area contributed by atoms with Crippen molar-refractivity contribution in [1.29, 1.82) is 0 Å². The van der Waals surface area contributed by atoms with Crippen molar-refractivity contribution in [3.63, 3.8) is 0 Å². The van der Waals surface area contributed by atoms with E-state index in [1.165, 1.54) is 17.7 Å². The summed E-state index contributed by atoms with van der Waals surface area (Å²) < 4.78 is 0. The first-order valence-corrected chi connectivity index (χ1v) is 9.35. The molecule has 1 fully saturated rings. The maximum Gasteiger partial charge on any atom is 0.119 e. The van der Waals surface area contributed by atoms with E-state index in [1.807, 2.05) is 0 Å². The van der Waals surface area contributed by atoms with Crippen LogP contribution in [0.15, 0.2) is 24.0 Å². The van der Waals surface area contributed by atoms with E-state index in [2.05, 4.69) is 54.3 Å². The molecule has 130 valence electrons. The molecule has 1 aromatic carbocycles. The van der Waals surface area contributed by atoms with Gasteiger partial charge in [0.1, 0.15) is 5.76 Å². The minimum absolute atomic E-state index is 0.379. The molecule has 1 unspecified atom stereocenters. The Balaban J connectivity index is 1.62. The molecule has 0 saturated carbocycles. The van der Waals surface area contributed by atoms with Gasteiger partial charge in [-0.05, 0) is 68.9 Å². The molecule has 2 heterocycles. The summed E-state index contributed by atoms with van der Waals surface area (Å²) in [5, 5.41) is 5.69. The van der Waals surface area contributed by atoms with Gasteiger partial charge in [0.15, 0.2) is 0 Å². The predicted octanol–water partition coefficient (Wildman–Crippen LogP) is 2.80. The van der Waals surface area contributed by atoms with E-state index in [1.54, 1.807) is 11.1 Å². The number of allylic oxidation sites excluding steroid dienone is 1. The lowest BCUT2D eigenvalue weighted by Crippen LogP contribution is -2.45. The smallest absolute Gasteiger partial charge is 0.119 e. The number of hydrogen-bond donors (Lipinski definition) is 1. The minimum atomic E-state index is 0.379. The third-order valence-corrected chi connectivity index (χ3v) is 5.75. The van der Waals surface area contributed by atoms with Crippen LogP contribution in [0.1, 0.15) is 37.0 Å². The average Bonchev–Trinajstić information content (AvgIpc) is 2.94. The number of nitrogens with zero attached hydrogens (tertiary/aromatic N) is 2. The second-order valence-corrected chi connectivity index (χ2v) is 7.46. The molecule has 0 aromatic heterocycles. The highest BCUT2D eigenvalue weighted by Crippen LogP contribution is 2.36. The van der Waals surface area contributed by atoms with Crippen LogP contribution in [0.2, 0.25) is 0 Å². The summed E-state index contributed by atoms with van der Waals surface area (Å²) in [5.41, 5.74) is 6.05. The number of nitrogens with one attached hydrogen (secondary N) is 1. The van der Waals surface area contributed by atoms with Crippen molar-refractivity contribution in [2.45, 2.75) is 52.1 Å². The molecule has 4 heteroatoms. The second-order valence-electron chi connectivity index (χ2n) is 7.46. The van der Waals surface area contributed by atoms with Gasteiger partial charge in [0.25, 0.3) is 0 Å². The molecular formula is C20H29N3O. The van der Waals surface area contributed by atoms with Gasteiger partial charge < -0.3 is 15.1 Å². The van der Waals surface area contributed by atoms with Crippen LogP contribution in [0.4, 0.5) is 5.69 Å². The van der Waals surface area contributed by atoms with Crippen LogP contribution < -0.4 is 10.2 Å². The predicted molar refractivity (Wildman–Crippen MR) is 98.2 cm³/mol. The maximum atomic E-state index is 6.01. The Morgan fingerprint density at radius 1 is 1.12 bits per heavy atom. The van der Waals surface area contributed by atoms with Crippen molar-refractivity contribution in [3.8, 4) is 0 Å². The van der Waals surface area contributed by atoms with E-state index < -0.39 is 0 Å². The van der Waals surface area contributed by atoms with E-state index in [-0.39, 0.29) is 0 Å². The fraction of sp³-hybridized carbons (Fsp3) is 0.600. The number of hydroxylamine groups is 2. The lowest BCUT2D eigenvalue weighted by Gasteiger charge is -2.38. The van der Waals surface area contributed by atoms with Crippen LogP contribution in [-0.2, 0) is 17.7 Å². The highest BCUT2D eigenvalue weighted by atomic mass is 16.7. The van der Waals surface area contributed by atoms with Crippen LogP contribution in [0.5, 0.6) is 0 Å². The van der Waals surface area contributed by atoms with Crippen molar-refractivity contribution in [1.82, 2.24) is 10.4 Å². The Bertz CT molecular complexity index is 649. The van der Waals surface area contributed by atoms with Gasteiger partial charge in [-0.25, -0.2) is 0 Å². The van der Waals surface area contributed by atoms with Gasteiger partial charge in [0, 0.05) is 31.9 Å². The maximum absolute atomic E-state index is 6.01. The molecule has 3 aliphatic rings. The van der Waals surface area contributed by atoms with Gasteiger partial charge in [0.05, 0.1) is 12.1 Å². The molecule has 1 aromatic rings. The molecule has 1 saturated heterocycles. The molecule has 4 rings (SSSR count). The number of hydrogen-bond acceptors (Lipinski definition) is 4. The van der Waals surface area contributed by atoms with Crippen molar-refractivity contribution in [2.24, 2.45) is 0 Å². The largest absolute Gasteiger partial charge is 0.410 e. The summed E-state index contributed by atoms with van der Waals surface area (Å²) in [4.78, 5) is 8.58. The van der Waals surface area contributed by atoms with Crippen LogP contribution in [0.3, 0.4) is 0 Å². The third-order valence-electron chi connectivity index (χ3n) is 5.75. The summed E-state index contributed by atoms with van der Waals surface area (Å²) in [7, 11) is 0. The lowest BCUT2D eigenvalue weighted by atomic mass is 9.84. The highest BCUT2D eigenvalue weighted by Gasteiger charge is 2.33. The van der Waals surface area contributed by atoms with Crippen molar-refractivity contribution in [2.75, 3.05) is 31.1 Å². The molecule has 1 aliphatic carbocycles. The Labute approximate surface area is 145 Å². The van der Waals surface area contributed by atoms with Gasteiger partial charge in [0.2, 0.25) is 0 Å². The third kappa shape index (κ3) is 2.82. The monoisotopic (exact) mass is 327 g/mol. The van der Waals surface area contributed by atoms with E-state index in [0.717, 1.165) is 44.8 Å². The summed E-state index contributed by atoms with van der Waals surface area (Å²) in [6.45, 7) is 10.9. The number of aryl methyl sites for hydroxylation is 1. The lowest BCUT2D eigenvalue weighted by molar-refractivity contribution is -0.148. The van der Waals surface area contributed by atoms with Gasteiger partial charge in [-0.15, -0.1) is 5.06 Å². The van der Waals surface area contributed by atoms with Crippen LogP contribution >= 0.6 is 0 Å². The van der Waals surface area contributed by atoms with Crippen LogP contribution in [0.25, 0.3) is 0 Å². The Morgan fingerprint density at radius 3 is 2.62 bits per heavy atom. The summed E-state index contributed by atoms with van der Waals surface area (Å²) in [5.74, 6) is 1.04. The SMILES string of the molecule is CC1=CC(C)N([C@@H]2CCc3c(C)ccc(N4CCNCC4)c3C2)O1. The number of fused-ring (bicyclic) bond motifs is 1. The number of rotatable bonds is 2. The second kappa shape index (κ2) is 6.41. The number of benzene rings is 1.